The predicted molar refractivity (Wildman–Crippen MR) is 94.8 cm³/mol. The summed E-state index contributed by atoms with van der Waals surface area (Å²) in [5.41, 5.74) is 2.83. The molecule has 2 aromatic rings. The maximum Gasteiger partial charge on any atom is 0.393 e. The van der Waals surface area contributed by atoms with Crippen molar-refractivity contribution < 1.29 is 23.0 Å². The highest BCUT2D eigenvalue weighted by Gasteiger charge is 2.47. The molecule has 1 fully saturated rings. The minimum absolute atomic E-state index is 0.0826. The monoisotopic (exact) mass is 365 g/mol. The number of alkyl halides is 3. The van der Waals surface area contributed by atoms with Crippen LogP contribution in [-0.2, 0) is 0 Å². The largest absolute Gasteiger partial charge is 0.457 e. The molecule has 3 nitrogen and oxygen atoms in total. The van der Waals surface area contributed by atoms with Crippen molar-refractivity contribution >= 4 is 5.69 Å². The first kappa shape index (κ1) is 18.6. The number of hydrogen-bond acceptors (Lipinski definition) is 3. The summed E-state index contributed by atoms with van der Waals surface area (Å²) < 4.78 is 44.9. The molecule has 26 heavy (non-hydrogen) atoms. The Hall–Kier alpha value is -2.21. The second kappa shape index (κ2) is 7.19. The van der Waals surface area contributed by atoms with Gasteiger partial charge in [0.25, 0.3) is 0 Å². The second-order valence-electron chi connectivity index (χ2n) is 6.76. The van der Waals surface area contributed by atoms with Gasteiger partial charge >= 0.3 is 6.18 Å². The first-order valence-electron chi connectivity index (χ1n) is 8.58. The Kier molecular flexibility index (Phi) is 5.14. The number of hydrogen-bond donors (Lipinski definition) is 1. The Bertz CT molecular complexity index is 759. The normalized spacial score (nSPS) is 20.5. The van der Waals surface area contributed by atoms with Crippen LogP contribution in [0.1, 0.15) is 17.5 Å². The van der Waals surface area contributed by atoms with Crippen molar-refractivity contribution in [3.63, 3.8) is 0 Å². The molecule has 1 aliphatic rings. The third-order valence-electron chi connectivity index (χ3n) is 5.04. The predicted octanol–water partition coefficient (Wildman–Crippen LogP) is 4.85. The van der Waals surface area contributed by atoms with E-state index < -0.39 is 18.1 Å². The number of aryl methyl sites for hydroxylation is 1. The molecule has 0 saturated carbocycles. The van der Waals surface area contributed by atoms with Gasteiger partial charge in [-0.1, -0.05) is 12.1 Å². The van der Waals surface area contributed by atoms with Crippen molar-refractivity contribution in [3.8, 4) is 11.5 Å². The fourth-order valence-electron chi connectivity index (χ4n) is 3.31. The van der Waals surface area contributed by atoms with Gasteiger partial charge in [-0.25, -0.2) is 0 Å². The van der Waals surface area contributed by atoms with Crippen LogP contribution < -0.4 is 9.64 Å². The molecule has 2 atom stereocenters. The molecule has 140 valence electrons. The number of halogens is 3. The number of rotatable bonds is 4. The van der Waals surface area contributed by atoms with Crippen LogP contribution in [-0.4, -0.2) is 30.5 Å². The minimum Gasteiger partial charge on any atom is -0.457 e. The Morgan fingerprint density at radius 1 is 1.12 bits per heavy atom. The smallest absolute Gasteiger partial charge is 0.393 e. The number of aliphatic hydroxyl groups is 1. The number of nitrogens with zero attached hydrogens (tertiary/aromatic N) is 1. The molecule has 0 bridgehead atoms. The Labute approximate surface area is 151 Å². The zero-order valence-corrected chi connectivity index (χ0v) is 14.8. The zero-order valence-electron chi connectivity index (χ0n) is 14.8. The van der Waals surface area contributed by atoms with Crippen molar-refractivity contribution in [2.45, 2.75) is 32.5 Å². The molecule has 1 heterocycles. The van der Waals surface area contributed by atoms with Gasteiger partial charge in [0.05, 0.1) is 18.6 Å². The standard InChI is InChI=1S/C20H22F3NO2/c1-13-4-3-5-19(14(13)2)26-18-8-6-16(7-9-18)24-11-15(20(21,22)23)10-17(24)12-25/h3-9,15,17,25H,10-12H2,1-2H3/t15-,17-/m0/s1. The average molecular weight is 365 g/mol. The fraction of sp³-hybridized carbons (Fsp3) is 0.400. The van der Waals surface area contributed by atoms with Gasteiger partial charge in [-0.15, -0.1) is 0 Å². The van der Waals surface area contributed by atoms with Gasteiger partial charge in [0, 0.05) is 12.2 Å². The summed E-state index contributed by atoms with van der Waals surface area (Å²) in [5, 5.41) is 9.45. The zero-order chi connectivity index (χ0) is 18.9. The molecule has 0 aromatic heterocycles. The molecule has 3 rings (SSSR count). The van der Waals surface area contributed by atoms with Crippen LogP contribution in [0.4, 0.5) is 18.9 Å². The first-order valence-corrected chi connectivity index (χ1v) is 8.58. The van der Waals surface area contributed by atoms with Crippen LogP contribution in [0.3, 0.4) is 0 Å². The average Bonchev–Trinajstić information content (AvgIpc) is 3.04. The van der Waals surface area contributed by atoms with E-state index >= 15 is 0 Å². The van der Waals surface area contributed by atoms with E-state index in [0.29, 0.717) is 11.4 Å². The van der Waals surface area contributed by atoms with Crippen molar-refractivity contribution in [1.29, 1.82) is 0 Å². The summed E-state index contributed by atoms with van der Waals surface area (Å²) in [4.78, 5) is 1.62. The van der Waals surface area contributed by atoms with Crippen LogP contribution in [0.15, 0.2) is 42.5 Å². The summed E-state index contributed by atoms with van der Waals surface area (Å²) >= 11 is 0. The summed E-state index contributed by atoms with van der Waals surface area (Å²) in [5.74, 6) is -0.0376. The highest BCUT2D eigenvalue weighted by atomic mass is 19.4. The van der Waals surface area contributed by atoms with Gasteiger partial charge in [-0.05, 0) is 61.7 Å². The van der Waals surface area contributed by atoms with E-state index in [-0.39, 0.29) is 19.6 Å². The molecule has 0 amide bonds. The molecule has 1 saturated heterocycles. The summed E-state index contributed by atoms with van der Waals surface area (Å²) in [7, 11) is 0. The van der Waals surface area contributed by atoms with Crippen molar-refractivity contribution in [2.75, 3.05) is 18.1 Å². The molecule has 1 N–H and O–H groups in total. The molecule has 0 unspecified atom stereocenters. The number of anilines is 1. The van der Waals surface area contributed by atoms with E-state index in [1.165, 1.54) is 0 Å². The van der Waals surface area contributed by atoms with Crippen molar-refractivity contribution in [2.24, 2.45) is 5.92 Å². The molecule has 0 radical (unpaired) electrons. The number of benzene rings is 2. The van der Waals surface area contributed by atoms with Crippen molar-refractivity contribution in [3.05, 3.63) is 53.6 Å². The lowest BCUT2D eigenvalue weighted by molar-refractivity contribution is -0.168. The molecule has 6 heteroatoms. The fourth-order valence-corrected chi connectivity index (χ4v) is 3.31. The Morgan fingerprint density at radius 2 is 1.81 bits per heavy atom. The van der Waals surface area contributed by atoms with Gasteiger partial charge in [0.1, 0.15) is 11.5 Å². The van der Waals surface area contributed by atoms with Crippen LogP contribution in [0.25, 0.3) is 0 Å². The van der Waals surface area contributed by atoms with E-state index in [2.05, 4.69) is 0 Å². The van der Waals surface area contributed by atoms with Gasteiger partial charge in [-0.2, -0.15) is 13.2 Å². The van der Waals surface area contributed by atoms with Crippen LogP contribution >= 0.6 is 0 Å². The van der Waals surface area contributed by atoms with Crippen LogP contribution in [0.5, 0.6) is 11.5 Å². The summed E-state index contributed by atoms with van der Waals surface area (Å²) in [6.45, 7) is 3.55. The van der Waals surface area contributed by atoms with E-state index in [1.807, 2.05) is 32.0 Å². The third-order valence-corrected chi connectivity index (χ3v) is 5.04. The van der Waals surface area contributed by atoms with Gasteiger partial charge in [-0.3, -0.25) is 0 Å². The lowest BCUT2D eigenvalue weighted by atomic mass is 10.1. The summed E-state index contributed by atoms with van der Waals surface area (Å²) in [6, 6.07) is 12.2. The molecule has 0 aliphatic carbocycles. The number of ether oxygens (including phenoxy) is 1. The van der Waals surface area contributed by atoms with Crippen molar-refractivity contribution in [1.82, 2.24) is 0 Å². The summed E-state index contributed by atoms with van der Waals surface area (Å²) in [6.07, 6.45) is -4.32. The third kappa shape index (κ3) is 3.80. The van der Waals surface area contributed by atoms with Gasteiger partial charge < -0.3 is 14.7 Å². The minimum atomic E-state index is -4.24. The van der Waals surface area contributed by atoms with E-state index in [9.17, 15) is 18.3 Å². The molecule has 2 aromatic carbocycles. The Balaban J connectivity index is 1.76. The Morgan fingerprint density at radius 3 is 2.42 bits per heavy atom. The maximum absolute atomic E-state index is 13.0. The van der Waals surface area contributed by atoms with E-state index in [0.717, 1.165) is 16.9 Å². The molecular weight excluding hydrogens is 343 g/mol. The lowest BCUT2D eigenvalue weighted by Crippen LogP contribution is -2.32. The second-order valence-corrected chi connectivity index (χ2v) is 6.76. The maximum atomic E-state index is 13.0. The first-order chi connectivity index (χ1) is 12.3. The van der Waals surface area contributed by atoms with Crippen LogP contribution in [0.2, 0.25) is 0 Å². The van der Waals surface area contributed by atoms with E-state index in [4.69, 9.17) is 4.74 Å². The van der Waals surface area contributed by atoms with E-state index in [1.54, 1.807) is 29.2 Å². The molecular formula is C20H22F3NO2. The molecule has 0 spiro atoms. The number of aliphatic hydroxyl groups excluding tert-OH is 1. The topological polar surface area (TPSA) is 32.7 Å². The van der Waals surface area contributed by atoms with Crippen LogP contribution in [0, 0.1) is 19.8 Å². The SMILES string of the molecule is Cc1cccc(Oc2ccc(N3C[C@@H](C(F)(F)F)C[C@H]3CO)cc2)c1C. The van der Waals surface area contributed by atoms with Gasteiger partial charge in [0.15, 0.2) is 0 Å². The van der Waals surface area contributed by atoms with Gasteiger partial charge in [0.2, 0.25) is 0 Å². The molecule has 1 aliphatic heterocycles. The highest BCUT2D eigenvalue weighted by Crippen LogP contribution is 2.39. The quantitative estimate of drug-likeness (QED) is 0.841. The highest BCUT2D eigenvalue weighted by molar-refractivity contribution is 5.52. The lowest BCUT2D eigenvalue weighted by Gasteiger charge is -2.25.